The van der Waals surface area contributed by atoms with Crippen LogP contribution in [0.4, 0.5) is 0 Å². The number of hydrogen-bond donors (Lipinski definition) is 1. The van der Waals surface area contributed by atoms with E-state index in [9.17, 15) is 4.79 Å². The van der Waals surface area contributed by atoms with Gasteiger partial charge in [-0.15, -0.1) is 5.10 Å². The van der Waals surface area contributed by atoms with E-state index < -0.39 is 11.4 Å². The molecule has 0 atom stereocenters. The molecule has 0 aliphatic rings. The lowest BCUT2D eigenvalue weighted by atomic mass is 9.93. The van der Waals surface area contributed by atoms with E-state index in [0.717, 1.165) is 5.69 Å². The number of aliphatic carboxylic acids is 1. The van der Waals surface area contributed by atoms with Crippen molar-refractivity contribution in [3.63, 3.8) is 0 Å². The Morgan fingerprint density at radius 3 is 2.69 bits per heavy atom. The summed E-state index contributed by atoms with van der Waals surface area (Å²) in [5.74, 6) is -0.602. The van der Waals surface area contributed by atoms with Gasteiger partial charge in [-0.3, -0.25) is 4.79 Å². The maximum Gasteiger partial charge on any atom is 0.316 e. The van der Waals surface area contributed by atoms with Crippen LogP contribution in [0.3, 0.4) is 0 Å². The third kappa shape index (κ3) is 1.44. The second-order valence-electron chi connectivity index (χ2n) is 4.30. The van der Waals surface area contributed by atoms with E-state index in [2.05, 4.69) is 10.1 Å². The number of aryl methyl sites for hydroxylation is 1. The minimum absolute atomic E-state index is 0.328. The largest absolute Gasteiger partial charge is 0.481 e. The fourth-order valence-corrected chi connectivity index (χ4v) is 1.40. The van der Waals surface area contributed by atoms with Crippen LogP contribution >= 0.6 is 0 Å². The number of rotatable bonds is 2. The zero-order valence-electron chi connectivity index (χ0n) is 9.43. The molecule has 0 saturated carbocycles. The maximum absolute atomic E-state index is 11.1. The first-order valence-electron chi connectivity index (χ1n) is 4.99. The van der Waals surface area contributed by atoms with Crippen molar-refractivity contribution in [2.45, 2.75) is 26.2 Å². The second kappa shape index (κ2) is 3.30. The van der Waals surface area contributed by atoms with Crippen molar-refractivity contribution in [2.24, 2.45) is 0 Å². The maximum atomic E-state index is 11.1. The highest BCUT2D eigenvalue weighted by atomic mass is 16.4. The van der Waals surface area contributed by atoms with Crippen molar-refractivity contribution in [1.29, 1.82) is 0 Å². The predicted octanol–water partition coefficient (Wildman–Crippen LogP) is 1.40. The molecule has 16 heavy (non-hydrogen) atoms. The fourth-order valence-electron chi connectivity index (χ4n) is 1.40. The summed E-state index contributed by atoms with van der Waals surface area (Å²) in [5, 5.41) is 13.3. The number of nitrogens with zero attached hydrogens (tertiary/aromatic N) is 3. The summed E-state index contributed by atoms with van der Waals surface area (Å²) in [5.41, 5.74) is 0.528. The van der Waals surface area contributed by atoms with E-state index in [1.54, 1.807) is 24.4 Å². The second-order valence-corrected chi connectivity index (χ2v) is 4.30. The number of carboxylic acid groups (broad SMARTS) is 1. The Bertz CT molecular complexity index is 557. The van der Waals surface area contributed by atoms with Gasteiger partial charge in [0.05, 0.1) is 0 Å². The normalized spacial score (nSPS) is 11.9. The lowest BCUT2D eigenvalue weighted by molar-refractivity contribution is -0.142. The lowest BCUT2D eigenvalue weighted by Crippen LogP contribution is -2.30. The van der Waals surface area contributed by atoms with E-state index in [1.807, 2.05) is 19.1 Å². The number of pyridine rings is 1. The van der Waals surface area contributed by atoms with E-state index in [4.69, 9.17) is 5.11 Å². The van der Waals surface area contributed by atoms with E-state index >= 15 is 0 Å². The number of carboxylic acids is 1. The monoisotopic (exact) mass is 219 g/mol. The molecule has 0 radical (unpaired) electrons. The minimum Gasteiger partial charge on any atom is -0.481 e. The Morgan fingerprint density at radius 1 is 1.44 bits per heavy atom. The number of fused-ring (bicyclic) bond motifs is 1. The third-order valence-electron chi connectivity index (χ3n) is 2.64. The summed E-state index contributed by atoms with van der Waals surface area (Å²) in [7, 11) is 0. The SMILES string of the molecule is Cc1cccc2nc(C(C)(C)C(=O)O)nn12. The van der Waals surface area contributed by atoms with Gasteiger partial charge >= 0.3 is 5.97 Å². The molecule has 2 heterocycles. The first-order chi connectivity index (χ1) is 7.43. The summed E-state index contributed by atoms with van der Waals surface area (Å²) in [6.07, 6.45) is 0. The summed E-state index contributed by atoms with van der Waals surface area (Å²) >= 11 is 0. The highest BCUT2D eigenvalue weighted by Gasteiger charge is 2.34. The minimum atomic E-state index is -1.07. The summed E-state index contributed by atoms with van der Waals surface area (Å²) in [6.45, 7) is 5.10. The van der Waals surface area contributed by atoms with Gasteiger partial charge in [-0.1, -0.05) is 6.07 Å². The molecule has 2 aromatic rings. The van der Waals surface area contributed by atoms with Crippen molar-refractivity contribution < 1.29 is 9.90 Å². The Labute approximate surface area is 92.7 Å². The van der Waals surface area contributed by atoms with Crippen molar-refractivity contribution in [2.75, 3.05) is 0 Å². The van der Waals surface area contributed by atoms with Crippen LogP contribution in [0.2, 0.25) is 0 Å². The van der Waals surface area contributed by atoms with Crippen LogP contribution in [-0.2, 0) is 10.2 Å². The molecule has 0 aromatic carbocycles. The zero-order valence-corrected chi connectivity index (χ0v) is 9.43. The van der Waals surface area contributed by atoms with Crippen LogP contribution in [0, 0.1) is 6.92 Å². The van der Waals surface area contributed by atoms with Crippen molar-refractivity contribution in [3.8, 4) is 0 Å². The average molecular weight is 219 g/mol. The fraction of sp³-hybridized carbons (Fsp3) is 0.364. The van der Waals surface area contributed by atoms with Crippen LogP contribution in [-0.4, -0.2) is 25.7 Å². The molecule has 0 saturated heterocycles. The third-order valence-corrected chi connectivity index (χ3v) is 2.64. The molecule has 0 unspecified atom stereocenters. The molecule has 84 valence electrons. The summed E-state index contributed by atoms with van der Waals surface area (Å²) in [4.78, 5) is 15.3. The van der Waals surface area contributed by atoms with Gasteiger partial charge in [0.15, 0.2) is 11.5 Å². The molecule has 0 fully saturated rings. The van der Waals surface area contributed by atoms with Gasteiger partial charge in [0.1, 0.15) is 5.41 Å². The molecule has 5 nitrogen and oxygen atoms in total. The lowest BCUT2D eigenvalue weighted by Gasteiger charge is -2.13. The molecule has 0 aliphatic carbocycles. The topological polar surface area (TPSA) is 67.5 Å². The first kappa shape index (κ1) is 10.6. The zero-order chi connectivity index (χ0) is 11.9. The van der Waals surface area contributed by atoms with Crippen LogP contribution < -0.4 is 0 Å². The molecular weight excluding hydrogens is 206 g/mol. The molecule has 5 heteroatoms. The van der Waals surface area contributed by atoms with Gasteiger partial charge in [-0.2, -0.15) is 0 Å². The van der Waals surface area contributed by atoms with Gasteiger partial charge in [-0.25, -0.2) is 9.50 Å². The van der Waals surface area contributed by atoms with Gasteiger partial charge in [0.2, 0.25) is 0 Å². The molecule has 0 spiro atoms. The van der Waals surface area contributed by atoms with Gasteiger partial charge < -0.3 is 5.11 Å². The predicted molar refractivity (Wildman–Crippen MR) is 58.4 cm³/mol. The van der Waals surface area contributed by atoms with Crippen molar-refractivity contribution in [1.82, 2.24) is 14.6 Å². The average Bonchev–Trinajstić information content (AvgIpc) is 2.63. The van der Waals surface area contributed by atoms with Crippen LogP contribution in [0.1, 0.15) is 25.4 Å². The van der Waals surface area contributed by atoms with E-state index in [-0.39, 0.29) is 0 Å². The standard InChI is InChI=1S/C11H13N3O2/c1-7-5-4-6-8-12-9(13-14(7)8)11(2,3)10(15)16/h4-6H,1-3H3,(H,15,16). The van der Waals surface area contributed by atoms with Crippen LogP contribution in [0.5, 0.6) is 0 Å². The smallest absolute Gasteiger partial charge is 0.316 e. The molecule has 2 rings (SSSR count). The molecule has 2 aromatic heterocycles. The Morgan fingerprint density at radius 2 is 2.12 bits per heavy atom. The molecule has 1 N–H and O–H groups in total. The Kier molecular flexibility index (Phi) is 2.18. The van der Waals surface area contributed by atoms with E-state index in [0.29, 0.717) is 11.5 Å². The van der Waals surface area contributed by atoms with Gasteiger partial charge in [-0.05, 0) is 32.9 Å². The summed E-state index contributed by atoms with van der Waals surface area (Å²) < 4.78 is 1.65. The molecule has 0 bridgehead atoms. The number of hydrogen-bond acceptors (Lipinski definition) is 3. The molecule has 0 aliphatic heterocycles. The quantitative estimate of drug-likeness (QED) is 0.829. The van der Waals surface area contributed by atoms with Crippen LogP contribution in [0.15, 0.2) is 18.2 Å². The Hall–Kier alpha value is -1.91. The Balaban J connectivity index is 2.64. The van der Waals surface area contributed by atoms with Crippen molar-refractivity contribution >= 4 is 11.6 Å². The van der Waals surface area contributed by atoms with Crippen LogP contribution in [0.25, 0.3) is 5.65 Å². The van der Waals surface area contributed by atoms with Gasteiger partial charge in [0, 0.05) is 5.69 Å². The molecular formula is C11H13N3O2. The highest BCUT2D eigenvalue weighted by Crippen LogP contribution is 2.20. The molecule has 0 amide bonds. The highest BCUT2D eigenvalue weighted by molar-refractivity contribution is 5.79. The van der Waals surface area contributed by atoms with Crippen molar-refractivity contribution in [3.05, 3.63) is 29.7 Å². The van der Waals surface area contributed by atoms with Gasteiger partial charge in [0.25, 0.3) is 0 Å². The number of carbonyl (C=O) groups is 1. The van der Waals surface area contributed by atoms with E-state index in [1.165, 1.54) is 0 Å². The summed E-state index contributed by atoms with van der Waals surface area (Å²) in [6, 6.07) is 5.58. The first-order valence-corrected chi connectivity index (χ1v) is 4.99. The number of aromatic nitrogens is 3.